The van der Waals surface area contributed by atoms with Crippen molar-refractivity contribution in [2.24, 2.45) is 0 Å². The van der Waals surface area contributed by atoms with Crippen LogP contribution in [0.2, 0.25) is 5.02 Å². The monoisotopic (exact) mass is 454 g/mol. The van der Waals surface area contributed by atoms with Crippen LogP contribution in [-0.4, -0.2) is 34.7 Å². The molecule has 2 amide bonds. The molecule has 0 atom stereocenters. The van der Waals surface area contributed by atoms with Crippen molar-refractivity contribution in [1.82, 2.24) is 9.97 Å². The molecule has 8 nitrogen and oxygen atoms in total. The van der Waals surface area contributed by atoms with Gasteiger partial charge in [-0.2, -0.15) is 0 Å². The summed E-state index contributed by atoms with van der Waals surface area (Å²) in [5.74, 6) is 0.608. The van der Waals surface area contributed by atoms with Gasteiger partial charge in [0.25, 0.3) is 5.91 Å². The van der Waals surface area contributed by atoms with Crippen LogP contribution in [0.5, 0.6) is 5.75 Å². The van der Waals surface area contributed by atoms with E-state index in [1.165, 1.54) is 18.5 Å². The van der Waals surface area contributed by atoms with E-state index in [-0.39, 0.29) is 10.6 Å². The minimum Gasteiger partial charge on any atom is -0.497 e. The van der Waals surface area contributed by atoms with Crippen LogP contribution in [0.15, 0.2) is 54.9 Å². The highest BCUT2D eigenvalue weighted by molar-refractivity contribution is 6.34. The zero-order valence-electron chi connectivity index (χ0n) is 18.1. The first-order valence-electron chi connectivity index (χ1n) is 9.72. The molecular weight excluding hydrogens is 432 g/mol. The van der Waals surface area contributed by atoms with Crippen LogP contribution in [-0.2, 0) is 4.74 Å². The maximum absolute atomic E-state index is 12.7. The number of nitrogens with zero attached hydrogens (tertiary/aromatic N) is 2. The third-order valence-electron chi connectivity index (χ3n) is 4.15. The third kappa shape index (κ3) is 6.18. The van der Waals surface area contributed by atoms with Gasteiger partial charge >= 0.3 is 6.09 Å². The Labute approximate surface area is 190 Å². The van der Waals surface area contributed by atoms with Gasteiger partial charge in [0.05, 0.1) is 23.4 Å². The fraction of sp³-hybridized carbons (Fsp3) is 0.217. The van der Waals surface area contributed by atoms with Crippen LogP contribution >= 0.6 is 11.6 Å². The van der Waals surface area contributed by atoms with Gasteiger partial charge in [-0.15, -0.1) is 0 Å². The van der Waals surface area contributed by atoms with E-state index < -0.39 is 17.6 Å². The van der Waals surface area contributed by atoms with Crippen molar-refractivity contribution in [3.8, 4) is 17.0 Å². The normalized spacial score (nSPS) is 10.9. The maximum Gasteiger partial charge on any atom is 0.412 e. The molecule has 1 aromatic heterocycles. The van der Waals surface area contributed by atoms with Gasteiger partial charge in [-0.05, 0) is 63.2 Å². The second kappa shape index (κ2) is 9.65. The van der Waals surface area contributed by atoms with E-state index in [2.05, 4.69) is 20.6 Å². The molecule has 0 fully saturated rings. The van der Waals surface area contributed by atoms with Crippen molar-refractivity contribution < 1.29 is 19.1 Å². The summed E-state index contributed by atoms with van der Waals surface area (Å²) in [6.45, 7) is 5.29. The van der Waals surface area contributed by atoms with Crippen LogP contribution in [0.1, 0.15) is 31.1 Å². The zero-order valence-corrected chi connectivity index (χ0v) is 18.9. The van der Waals surface area contributed by atoms with Crippen molar-refractivity contribution in [1.29, 1.82) is 0 Å². The number of hydrogen-bond acceptors (Lipinski definition) is 6. The number of aromatic nitrogens is 2. The van der Waals surface area contributed by atoms with Crippen LogP contribution in [0.4, 0.5) is 16.3 Å². The lowest BCUT2D eigenvalue weighted by Gasteiger charge is -2.19. The summed E-state index contributed by atoms with van der Waals surface area (Å²) in [5, 5.41) is 5.46. The summed E-state index contributed by atoms with van der Waals surface area (Å²) in [4.78, 5) is 33.0. The lowest BCUT2D eigenvalue weighted by Crippen LogP contribution is -2.27. The van der Waals surface area contributed by atoms with Gasteiger partial charge in [0, 0.05) is 17.3 Å². The number of anilines is 2. The average molecular weight is 455 g/mol. The number of carbonyl (C=O) groups is 2. The van der Waals surface area contributed by atoms with Crippen LogP contribution in [0.3, 0.4) is 0 Å². The smallest absolute Gasteiger partial charge is 0.412 e. The van der Waals surface area contributed by atoms with Gasteiger partial charge in [-0.25, -0.2) is 14.8 Å². The molecule has 166 valence electrons. The molecule has 0 aliphatic carbocycles. The number of halogens is 1. The number of methoxy groups -OCH3 is 1. The Bertz CT molecular complexity index is 1130. The van der Waals surface area contributed by atoms with Gasteiger partial charge in [0.2, 0.25) is 0 Å². The maximum atomic E-state index is 12.7. The van der Waals surface area contributed by atoms with Crippen LogP contribution in [0.25, 0.3) is 11.3 Å². The summed E-state index contributed by atoms with van der Waals surface area (Å²) in [6, 6.07) is 13.6. The highest BCUT2D eigenvalue weighted by Gasteiger charge is 2.17. The number of amides is 2. The van der Waals surface area contributed by atoms with Crippen molar-refractivity contribution in [2.45, 2.75) is 26.4 Å². The van der Waals surface area contributed by atoms with Gasteiger partial charge < -0.3 is 14.8 Å². The molecule has 0 saturated carbocycles. The Morgan fingerprint density at radius 3 is 2.31 bits per heavy atom. The summed E-state index contributed by atoms with van der Waals surface area (Å²) in [7, 11) is 1.60. The first-order chi connectivity index (χ1) is 15.1. The molecule has 2 aromatic carbocycles. The molecule has 32 heavy (non-hydrogen) atoms. The Morgan fingerprint density at radius 2 is 1.69 bits per heavy atom. The lowest BCUT2D eigenvalue weighted by molar-refractivity contribution is 0.0636. The van der Waals surface area contributed by atoms with Crippen LogP contribution < -0.4 is 15.4 Å². The van der Waals surface area contributed by atoms with Crippen molar-refractivity contribution in [2.75, 3.05) is 17.7 Å². The van der Waals surface area contributed by atoms with Gasteiger partial charge in [0.1, 0.15) is 23.5 Å². The minimum absolute atomic E-state index is 0.167. The number of carbonyl (C=O) groups excluding carboxylic acids is 2. The summed E-state index contributed by atoms with van der Waals surface area (Å²) >= 11 is 6.27. The Balaban J connectivity index is 1.71. The first-order valence-corrected chi connectivity index (χ1v) is 10.1. The molecule has 0 spiro atoms. The molecule has 2 N–H and O–H groups in total. The molecule has 0 aliphatic rings. The topological polar surface area (TPSA) is 102 Å². The summed E-state index contributed by atoms with van der Waals surface area (Å²) in [5.41, 5.74) is 1.49. The summed E-state index contributed by atoms with van der Waals surface area (Å²) < 4.78 is 10.4. The average Bonchev–Trinajstić information content (AvgIpc) is 2.72. The number of rotatable bonds is 5. The van der Waals surface area contributed by atoms with Crippen molar-refractivity contribution in [3.05, 3.63) is 65.4 Å². The Morgan fingerprint density at radius 1 is 0.969 bits per heavy atom. The highest BCUT2D eigenvalue weighted by atomic mass is 35.5. The Hall–Kier alpha value is -3.65. The molecule has 3 rings (SSSR count). The van der Waals surface area contributed by atoms with Crippen LogP contribution in [0, 0.1) is 0 Å². The number of hydrogen-bond donors (Lipinski definition) is 2. The van der Waals surface area contributed by atoms with Crippen molar-refractivity contribution in [3.63, 3.8) is 0 Å². The second-order valence-corrected chi connectivity index (χ2v) is 8.20. The number of nitrogens with one attached hydrogen (secondary N) is 2. The highest BCUT2D eigenvalue weighted by Crippen LogP contribution is 2.24. The molecule has 0 radical (unpaired) electrons. The van der Waals surface area contributed by atoms with E-state index in [9.17, 15) is 9.59 Å². The van der Waals surface area contributed by atoms with E-state index in [1.807, 2.05) is 24.3 Å². The predicted molar refractivity (Wildman–Crippen MR) is 123 cm³/mol. The first kappa shape index (κ1) is 23.0. The number of ether oxygens (including phenoxy) is 2. The minimum atomic E-state index is -0.629. The molecule has 0 aliphatic heterocycles. The van der Waals surface area contributed by atoms with E-state index in [4.69, 9.17) is 21.1 Å². The molecule has 9 heteroatoms. The molecule has 1 heterocycles. The fourth-order valence-corrected chi connectivity index (χ4v) is 2.99. The molecular formula is C23H23ClN4O4. The predicted octanol–water partition coefficient (Wildman–Crippen LogP) is 5.40. The molecule has 0 saturated heterocycles. The van der Waals surface area contributed by atoms with Gasteiger partial charge in [0.15, 0.2) is 0 Å². The molecule has 0 unspecified atom stereocenters. The summed E-state index contributed by atoms with van der Waals surface area (Å²) in [6.07, 6.45) is 0.753. The standard InChI is InChI=1S/C23H23ClN4O4/c1-23(2,3)32-22(30)27-15-7-10-17(18(24)11-15)21(29)28-20-12-19(25-13-26-20)14-5-8-16(31-4)9-6-14/h5-13H,1-4H3,(H,27,30)(H,25,26,28,29). The number of benzene rings is 2. The van der Waals surface area contributed by atoms with E-state index >= 15 is 0 Å². The Kier molecular flexibility index (Phi) is 6.95. The quantitative estimate of drug-likeness (QED) is 0.534. The van der Waals surface area contributed by atoms with E-state index in [0.29, 0.717) is 17.2 Å². The van der Waals surface area contributed by atoms with E-state index in [1.54, 1.807) is 40.0 Å². The molecule has 0 bridgehead atoms. The SMILES string of the molecule is COc1ccc(-c2cc(NC(=O)c3ccc(NC(=O)OC(C)(C)C)cc3Cl)ncn2)cc1. The molecule has 3 aromatic rings. The lowest BCUT2D eigenvalue weighted by atomic mass is 10.1. The fourth-order valence-electron chi connectivity index (χ4n) is 2.73. The van der Waals surface area contributed by atoms with Crippen molar-refractivity contribution >= 4 is 35.1 Å². The van der Waals surface area contributed by atoms with Gasteiger partial charge in [-0.3, -0.25) is 10.1 Å². The zero-order chi connectivity index (χ0) is 23.3. The largest absolute Gasteiger partial charge is 0.497 e. The third-order valence-corrected chi connectivity index (χ3v) is 4.47. The van der Waals surface area contributed by atoms with E-state index in [0.717, 1.165) is 11.3 Å². The van der Waals surface area contributed by atoms with Gasteiger partial charge in [-0.1, -0.05) is 11.6 Å². The second-order valence-electron chi connectivity index (χ2n) is 7.79.